The Kier molecular flexibility index (Phi) is 3.28. The highest BCUT2D eigenvalue weighted by Gasteiger charge is 2.39. The second kappa shape index (κ2) is 4.71. The number of hydrogen-bond acceptors (Lipinski definition) is 5. The van der Waals surface area contributed by atoms with E-state index in [4.69, 9.17) is 10.5 Å². The van der Waals surface area contributed by atoms with E-state index in [0.29, 0.717) is 13.0 Å². The van der Waals surface area contributed by atoms with Gasteiger partial charge in [0, 0.05) is 19.3 Å². The summed E-state index contributed by atoms with van der Waals surface area (Å²) < 4.78 is 4.77. The maximum atomic E-state index is 11.7. The minimum atomic E-state index is -0.912. The first-order chi connectivity index (χ1) is 8.15. The highest BCUT2D eigenvalue weighted by molar-refractivity contribution is 5.81. The molecule has 1 atom stereocenters. The van der Waals surface area contributed by atoms with Gasteiger partial charge in [-0.3, -0.25) is 0 Å². The fraction of sp³-hybridized carbons (Fsp3) is 0.500. The van der Waals surface area contributed by atoms with Gasteiger partial charge >= 0.3 is 5.97 Å². The van der Waals surface area contributed by atoms with Gasteiger partial charge in [-0.1, -0.05) is 6.07 Å². The van der Waals surface area contributed by atoms with E-state index in [0.717, 1.165) is 18.8 Å². The predicted octanol–water partition coefficient (Wildman–Crippen LogP) is 0.552. The van der Waals surface area contributed by atoms with Crippen LogP contribution in [0, 0.1) is 0 Å². The predicted molar refractivity (Wildman–Crippen MR) is 64.6 cm³/mol. The first-order valence-electron chi connectivity index (χ1n) is 5.69. The van der Waals surface area contributed by atoms with Gasteiger partial charge in [0.2, 0.25) is 0 Å². The first kappa shape index (κ1) is 11.9. The smallest absolute Gasteiger partial charge is 0.327 e. The number of esters is 1. The second-order valence-electron chi connectivity index (χ2n) is 4.36. The lowest BCUT2D eigenvalue weighted by Gasteiger charge is -2.38. The third kappa shape index (κ3) is 2.39. The number of nitrogens with two attached hydrogens (primary N) is 1. The molecule has 2 N–H and O–H groups in total. The molecule has 1 aromatic heterocycles. The largest absolute Gasteiger partial charge is 0.468 e. The van der Waals surface area contributed by atoms with Gasteiger partial charge in [0.15, 0.2) is 0 Å². The van der Waals surface area contributed by atoms with Gasteiger partial charge in [-0.25, -0.2) is 9.78 Å². The lowest BCUT2D eigenvalue weighted by Crippen LogP contribution is -2.60. The molecule has 1 aromatic rings. The summed E-state index contributed by atoms with van der Waals surface area (Å²) in [4.78, 5) is 18.0. The number of hydrogen-bond donors (Lipinski definition) is 1. The van der Waals surface area contributed by atoms with Crippen LogP contribution in [0.15, 0.2) is 24.4 Å². The van der Waals surface area contributed by atoms with Crippen LogP contribution in [0.2, 0.25) is 0 Å². The number of anilines is 1. The fourth-order valence-corrected chi connectivity index (χ4v) is 2.19. The summed E-state index contributed by atoms with van der Waals surface area (Å²) in [5, 5.41) is 0. The molecule has 17 heavy (non-hydrogen) atoms. The van der Waals surface area contributed by atoms with Crippen LogP contribution in [0.1, 0.15) is 12.8 Å². The Morgan fingerprint density at radius 2 is 2.41 bits per heavy atom. The molecule has 5 heteroatoms. The molecule has 0 aliphatic carbocycles. The van der Waals surface area contributed by atoms with E-state index >= 15 is 0 Å². The van der Waals surface area contributed by atoms with Gasteiger partial charge in [0.25, 0.3) is 0 Å². The van der Waals surface area contributed by atoms with Gasteiger partial charge < -0.3 is 15.4 Å². The SMILES string of the molecule is COC(=O)C1(N)CCCN(c2ccccn2)C1. The summed E-state index contributed by atoms with van der Waals surface area (Å²) in [5.74, 6) is 0.504. The Morgan fingerprint density at radius 3 is 3.06 bits per heavy atom. The standard InChI is InChI=1S/C12H17N3O2/c1-17-11(16)12(13)6-4-8-15(9-12)10-5-2-3-7-14-10/h2-3,5,7H,4,6,8-9,13H2,1H3. The second-order valence-corrected chi connectivity index (χ2v) is 4.36. The van der Waals surface area contributed by atoms with E-state index in [9.17, 15) is 4.79 Å². The molecule has 1 unspecified atom stereocenters. The Hall–Kier alpha value is -1.62. The van der Waals surface area contributed by atoms with E-state index in [1.807, 2.05) is 23.1 Å². The number of aromatic nitrogens is 1. The average molecular weight is 235 g/mol. The number of carbonyl (C=O) groups excluding carboxylic acids is 1. The summed E-state index contributed by atoms with van der Waals surface area (Å²) in [7, 11) is 1.37. The molecule has 2 rings (SSSR count). The zero-order valence-corrected chi connectivity index (χ0v) is 9.93. The van der Waals surface area contributed by atoms with Crippen LogP contribution >= 0.6 is 0 Å². The van der Waals surface area contributed by atoms with Crippen molar-refractivity contribution in [1.82, 2.24) is 4.98 Å². The zero-order chi connectivity index (χ0) is 12.3. The molecule has 2 heterocycles. The number of carbonyl (C=O) groups is 1. The summed E-state index contributed by atoms with van der Waals surface area (Å²) >= 11 is 0. The quantitative estimate of drug-likeness (QED) is 0.758. The average Bonchev–Trinajstić information content (AvgIpc) is 2.39. The lowest BCUT2D eigenvalue weighted by atomic mass is 9.90. The molecule has 0 spiro atoms. The fourth-order valence-electron chi connectivity index (χ4n) is 2.19. The zero-order valence-electron chi connectivity index (χ0n) is 9.93. The lowest BCUT2D eigenvalue weighted by molar-refractivity contribution is -0.147. The van der Waals surface area contributed by atoms with Crippen molar-refractivity contribution in [3.05, 3.63) is 24.4 Å². The minimum Gasteiger partial charge on any atom is -0.468 e. The molecule has 1 aliphatic heterocycles. The third-order valence-corrected chi connectivity index (χ3v) is 3.09. The van der Waals surface area contributed by atoms with Gasteiger partial charge in [-0.15, -0.1) is 0 Å². The molecule has 1 fully saturated rings. The van der Waals surface area contributed by atoms with Crippen molar-refractivity contribution in [2.24, 2.45) is 5.73 Å². The normalized spacial score (nSPS) is 24.5. The Morgan fingerprint density at radius 1 is 1.59 bits per heavy atom. The number of methoxy groups -OCH3 is 1. The maximum absolute atomic E-state index is 11.7. The van der Waals surface area contributed by atoms with Crippen molar-refractivity contribution < 1.29 is 9.53 Å². The highest BCUT2D eigenvalue weighted by Crippen LogP contribution is 2.23. The Labute approximate surface area is 101 Å². The van der Waals surface area contributed by atoms with Crippen molar-refractivity contribution in [3.8, 4) is 0 Å². The van der Waals surface area contributed by atoms with Crippen LogP contribution in [0.3, 0.4) is 0 Å². The van der Waals surface area contributed by atoms with Crippen molar-refractivity contribution in [2.75, 3.05) is 25.1 Å². The Bertz CT molecular complexity index is 396. The molecule has 1 aliphatic rings. The summed E-state index contributed by atoms with van der Waals surface area (Å²) in [6.07, 6.45) is 3.26. The molecule has 0 amide bonds. The van der Waals surface area contributed by atoms with E-state index in [-0.39, 0.29) is 5.97 Å². The molecule has 0 aromatic carbocycles. The van der Waals surface area contributed by atoms with Crippen molar-refractivity contribution in [2.45, 2.75) is 18.4 Å². The van der Waals surface area contributed by atoms with E-state index in [2.05, 4.69) is 4.98 Å². The molecule has 5 nitrogen and oxygen atoms in total. The van der Waals surface area contributed by atoms with Gasteiger partial charge in [-0.2, -0.15) is 0 Å². The highest BCUT2D eigenvalue weighted by atomic mass is 16.5. The van der Waals surface area contributed by atoms with Crippen LogP contribution in [0.5, 0.6) is 0 Å². The monoisotopic (exact) mass is 235 g/mol. The summed E-state index contributed by atoms with van der Waals surface area (Å²) in [5.41, 5.74) is 5.18. The van der Waals surface area contributed by atoms with Crippen LogP contribution in [-0.4, -0.2) is 36.7 Å². The van der Waals surface area contributed by atoms with E-state index in [1.54, 1.807) is 6.20 Å². The van der Waals surface area contributed by atoms with E-state index < -0.39 is 5.54 Å². The van der Waals surface area contributed by atoms with Gasteiger partial charge in [0.05, 0.1) is 7.11 Å². The number of rotatable bonds is 2. The molecule has 0 bridgehead atoms. The maximum Gasteiger partial charge on any atom is 0.327 e. The summed E-state index contributed by atoms with van der Waals surface area (Å²) in [6, 6.07) is 5.71. The Balaban J connectivity index is 2.15. The number of piperidine rings is 1. The van der Waals surface area contributed by atoms with Gasteiger partial charge in [0.1, 0.15) is 11.4 Å². The van der Waals surface area contributed by atoms with Crippen LogP contribution in [-0.2, 0) is 9.53 Å². The molecular formula is C12H17N3O2. The van der Waals surface area contributed by atoms with Crippen LogP contribution < -0.4 is 10.6 Å². The molecule has 0 saturated carbocycles. The first-order valence-corrected chi connectivity index (χ1v) is 5.69. The van der Waals surface area contributed by atoms with Crippen molar-refractivity contribution >= 4 is 11.8 Å². The van der Waals surface area contributed by atoms with Crippen LogP contribution in [0.25, 0.3) is 0 Å². The van der Waals surface area contributed by atoms with E-state index in [1.165, 1.54) is 7.11 Å². The molecule has 1 saturated heterocycles. The molecule has 92 valence electrons. The molecule has 0 radical (unpaired) electrons. The van der Waals surface area contributed by atoms with Crippen molar-refractivity contribution in [3.63, 3.8) is 0 Å². The van der Waals surface area contributed by atoms with Gasteiger partial charge in [-0.05, 0) is 25.0 Å². The number of nitrogens with zero attached hydrogens (tertiary/aromatic N) is 2. The van der Waals surface area contributed by atoms with Crippen molar-refractivity contribution in [1.29, 1.82) is 0 Å². The number of ether oxygens (including phenoxy) is 1. The minimum absolute atomic E-state index is 0.349. The third-order valence-electron chi connectivity index (χ3n) is 3.09. The topological polar surface area (TPSA) is 68.5 Å². The summed E-state index contributed by atoms with van der Waals surface area (Å²) in [6.45, 7) is 1.32. The molecular weight excluding hydrogens is 218 g/mol. The van der Waals surface area contributed by atoms with Crippen LogP contribution in [0.4, 0.5) is 5.82 Å². The number of pyridine rings is 1.